The summed E-state index contributed by atoms with van der Waals surface area (Å²) in [4.78, 5) is 2.38. The Hall–Kier alpha value is -0.920. The lowest BCUT2D eigenvalue weighted by Gasteiger charge is -2.30. The molecule has 1 aromatic heterocycles. The topological polar surface area (TPSA) is 58.4 Å². The van der Waals surface area contributed by atoms with Crippen LogP contribution in [0.1, 0.15) is 57.4 Å². The summed E-state index contributed by atoms with van der Waals surface area (Å²) in [6.07, 6.45) is 12.0. The summed E-state index contributed by atoms with van der Waals surface area (Å²) in [7, 11) is -3.14. The van der Waals surface area contributed by atoms with Gasteiger partial charge in [0.1, 0.15) is 0 Å². The standard InChI is InChI=1S/C20H34N4O2S/c1-2-8-23-16-19(14-21-23)15-22-9-3-10-24(12-11-22)27(25,26)17-20-6-4-18(13-20)5-7-20/h14,16,18H,2-13,15,17H2,1H3. The van der Waals surface area contributed by atoms with Gasteiger partial charge >= 0.3 is 0 Å². The van der Waals surface area contributed by atoms with Gasteiger partial charge in [-0.1, -0.05) is 6.92 Å². The first kappa shape index (κ1) is 19.4. The molecule has 152 valence electrons. The van der Waals surface area contributed by atoms with E-state index in [2.05, 4.69) is 23.1 Å². The molecule has 4 rings (SSSR count). The molecule has 0 unspecified atom stereocenters. The Morgan fingerprint density at radius 2 is 2.00 bits per heavy atom. The molecule has 1 saturated heterocycles. The van der Waals surface area contributed by atoms with Gasteiger partial charge in [0.2, 0.25) is 10.0 Å². The third-order valence-corrected chi connectivity index (χ3v) is 8.99. The average molecular weight is 395 g/mol. The predicted octanol–water partition coefficient (Wildman–Crippen LogP) is 2.71. The van der Waals surface area contributed by atoms with Crippen molar-refractivity contribution >= 4 is 10.0 Å². The number of aromatic nitrogens is 2. The van der Waals surface area contributed by atoms with Gasteiger partial charge in [-0.2, -0.15) is 5.10 Å². The maximum absolute atomic E-state index is 13.1. The third-order valence-electron chi connectivity index (χ3n) is 6.86. The average Bonchev–Trinajstić information content (AvgIpc) is 3.28. The van der Waals surface area contributed by atoms with Crippen molar-refractivity contribution in [1.29, 1.82) is 0 Å². The fourth-order valence-electron chi connectivity index (χ4n) is 5.47. The zero-order valence-corrected chi connectivity index (χ0v) is 17.5. The lowest BCUT2D eigenvalue weighted by atomic mass is 9.87. The van der Waals surface area contributed by atoms with Crippen LogP contribution in [0.3, 0.4) is 0 Å². The molecule has 2 saturated carbocycles. The van der Waals surface area contributed by atoms with E-state index in [9.17, 15) is 8.42 Å². The molecule has 0 amide bonds. The number of aryl methyl sites for hydroxylation is 1. The van der Waals surface area contributed by atoms with Crippen LogP contribution in [0.15, 0.2) is 12.4 Å². The minimum absolute atomic E-state index is 0.101. The van der Waals surface area contributed by atoms with Crippen molar-refractivity contribution in [2.24, 2.45) is 11.3 Å². The number of hydrogen-bond acceptors (Lipinski definition) is 4. The van der Waals surface area contributed by atoms with Crippen molar-refractivity contribution in [1.82, 2.24) is 19.0 Å². The molecular weight excluding hydrogens is 360 g/mol. The summed E-state index contributed by atoms with van der Waals surface area (Å²) < 4.78 is 30.0. The van der Waals surface area contributed by atoms with Crippen molar-refractivity contribution in [3.8, 4) is 0 Å². The van der Waals surface area contributed by atoms with Crippen molar-refractivity contribution in [3.05, 3.63) is 18.0 Å². The van der Waals surface area contributed by atoms with Crippen molar-refractivity contribution in [3.63, 3.8) is 0 Å². The molecular formula is C20H34N4O2S. The molecule has 3 aliphatic rings. The third kappa shape index (κ3) is 4.40. The van der Waals surface area contributed by atoms with E-state index in [1.807, 2.05) is 10.9 Å². The highest BCUT2D eigenvalue weighted by Gasteiger charge is 2.48. The normalized spacial score (nSPS) is 30.0. The molecule has 27 heavy (non-hydrogen) atoms. The van der Waals surface area contributed by atoms with Crippen molar-refractivity contribution in [2.45, 2.75) is 65.0 Å². The largest absolute Gasteiger partial charge is 0.298 e. The molecule has 0 radical (unpaired) electrons. The lowest BCUT2D eigenvalue weighted by molar-refractivity contribution is 0.277. The Morgan fingerprint density at radius 3 is 2.70 bits per heavy atom. The van der Waals surface area contributed by atoms with E-state index in [0.717, 1.165) is 64.2 Å². The lowest BCUT2D eigenvalue weighted by Crippen LogP contribution is -2.40. The second kappa shape index (κ2) is 7.84. The van der Waals surface area contributed by atoms with Gasteiger partial charge in [0.05, 0.1) is 11.9 Å². The summed E-state index contributed by atoms with van der Waals surface area (Å²) in [6, 6.07) is 0. The summed E-state index contributed by atoms with van der Waals surface area (Å²) in [5.74, 6) is 1.19. The Balaban J connectivity index is 1.33. The molecule has 0 atom stereocenters. The minimum Gasteiger partial charge on any atom is -0.298 e. The summed E-state index contributed by atoms with van der Waals surface area (Å²) >= 11 is 0. The van der Waals surface area contributed by atoms with E-state index in [-0.39, 0.29) is 5.41 Å². The van der Waals surface area contributed by atoms with Gasteiger partial charge in [0, 0.05) is 44.5 Å². The smallest absolute Gasteiger partial charge is 0.214 e. The van der Waals surface area contributed by atoms with Crippen LogP contribution in [0.5, 0.6) is 0 Å². The highest BCUT2D eigenvalue weighted by molar-refractivity contribution is 7.89. The summed E-state index contributed by atoms with van der Waals surface area (Å²) in [5, 5.41) is 4.41. The number of fused-ring (bicyclic) bond motifs is 2. The fraction of sp³-hybridized carbons (Fsp3) is 0.850. The van der Waals surface area contributed by atoms with E-state index < -0.39 is 10.0 Å². The van der Waals surface area contributed by atoms with Gasteiger partial charge in [-0.3, -0.25) is 9.58 Å². The summed E-state index contributed by atoms with van der Waals surface area (Å²) in [5.41, 5.74) is 1.32. The van der Waals surface area contributed by atoms with Crippen LogP contribution >= 0.6 is 0 Å². The number of rotatable bonds is 7. The van der Waals surface area contributed by atoms with Crippen molar-refractivity contribution in [2.75, 3.05) is 31.9 Å². The minimum atomic E-state index is -3.14. The second-order valence-electron chi connectivity index (χ2n) is 9.04. The van der Waals surface area contributed by atoms with Gasteiger partial charge in [0.25, 0.3) is 0 Å². The molecule has 0 N–H and O–H groups in total. The number of nitrogens with zero attached hydrogens (tertiary/aromatic N) is 4. The first-order valence-electron chi connectivity index (χ1n) is 10.7. The highest BCUT2D eigenvalue weighted by atomic mass is 32.2. The van der Waals surface area contributed by atoms with E-state index >= 15 is 0 Å². The molecule has 0 spiro atoms. The molecule has 7 heteroatoms. The Kier molecular flexibility index (Phi) is 5.63. The van der Waals surface area contributed by atoms with Gasteiger partial charge in [-0.05, 0) is 62.8 Å². The monoisotopic (exact) mass is 394 g/mol. The Labute approximate surface area is 164 Å². The van der Waals surface area contributed by atoms with Crippen LogP contribution in [-0.4, -0.2) is 59.3 Å². The van der Waals surface area contributed by atoms with Gasteiger partial charge in [0.15, 0.2) is 0 Å². The molecule has 2 aliphatic carbocycles. The molecule has 0 aromatic carbocycles. The predicted molar refractivity (Wildman–Crippen MR) is 107 cm³/mol. The molecule has 2 heterocycles. The fourth-order valence-corrected chi connectivity index (χ4v) is 7.60. The van der Waals surface area contributed by atoms with Crippen LogP contribution < -0.4 is 0 Å². The molecule has 1 aromatic rings. The molecule has 3 fully saturated rings. The maximum atomic E-state index is 13.1. The zero-order chi connectivity index (χ0) is 18.9. The highest BCUT2D eigenvalue weighted by Crippen LogP contribution is 2.54. The zero-order valence-electron chi connectivity index (χ0n) is 16.6. The first-order valence-corrected chi connectivity index (χ1v) is 12.3. The van der Waals surface area contributed by atoms with Gasteiger partial charge in [-0.15, -0.1) is 0 Å². The van der Waals surface area contributed by atoms with Gasteiger partial charge in [-0.25, -0.2) is 12.7 Å². The molecule has 1 aliphatic heterocycles. The first-order chi connectivity index (χ1) is 13.0. The van der Waals surface area contributed by atoms with Crippen LogP contribution in [0.4, 0.5) is 0 Å². The number of hydrogen-bond donors (Lipinski definition) is 0. The van der Waals surface area contributed by atoms with Crippen molar-refractivity contribution < 1.29 is 8.42 Å². The van der Waals surface area contributed by atoms with E-state index in [1.165, 1.54) is 18.4 Å². The maximum Gasteiger partial charge on any atom is 0.214 e. The summed E-state index contributed by atoms with van der Waals surface area (Å²) in [6.45, 7) is 7.05. The number of sulfonamides is 1. The van der Waals surface area contributed by atoms with E-state index in [0.29, 0.717) is 18.8 Å². The SMILES string of the molecule is CCCn1cc(CN2CCCN(S(=O)(=O)CC34CCC(CC3)C4)CC2)cn1. The van der Waals surface area contributed by atoms with Crippen LogP contribution in [0.25, 0.3) is 0 Å². The quantitative estimate of drug-likeness (QED) is 0.713. The Morgan fingerprint density at radius 1 is 1.19 bits per heavy atom. The Bertz CT molecular complexity index is 737. The van der Waals surface area contributed by atoms with Crippen LogP contribution in [0.2, 0.25) is 0 Å². The molecule has 6 nitrogen and oxygen atoms in total. The molecule has 2 bridgehead atoms. The van der Waals surface area contributed by atoms with E-state index in [1.54, 1.807) is 4.31 Å². The van der Waals surface area contributed by atoms with Gasteiger partial charge < -0.3 is 0 Å². The van der Waals surface area contributed by atoms with E-state index in [4.69, 9.17) is 0 Å². The van der Waals surface area contributed by atoms with Crippen LogP contribution in [-0.2, 0) is 23.1 Å². The van der Waals surface area contributed by atoms with Crippen LogP contribution in [0, 0.1) is 11.3 Å². The second-order valence-corrected chi connectivity index (χ2v) is 11.0.